The number of morpholine rings is 1. The predicted octanol–water partition coefficient (Wildman–Crippen LogP) is 1.17. The maximum absolute atomic E-state index is 12.9. The fourth-order valence-electron chi connectivity index (χ4n) is 3.31. The van der Waals surface area contributed by atoms with Crippen molar-refractivity contribution >= 4 is 27.5 Å². The minimum Gasteiger partial charge on any atom is -0.373 e. The lowest BCUT2D eigenvalue weighted by Gasteiger charge is -2.40. The molecule has 0 aliphatic carbocycles. The molecule has 0 N–H and O–H groups in total. The number of nitrogens with zero attached hydrogens (tertiary/aromatic N) is 3. The van der Waals surface area contributed by atoms with Crippen LogP contribution in [0.25, 0.3) is 0 Å². The summed E-state index contributed by atoms with van der Waals surface area (Å²) in [5.74, 6) is -0.0104. The van der Waals surface area contributed by atoms with Gasteiger partial charge in [-0.25, -0.2) is 0 Å². The quantitative estimate of drug-likeness (QED) is 0.781. The van der Waals surface area contributed by atoms with Gasteiger partial charge in [-0.2, -0.15) is 17.0 Å². The molecule has 3 rings (SSSR count). The number of carbonyl (C=O) groups is 1. The van der Waals surface area contributed by atoms with Gasteiger partial charge in [-0.05, 0) is 32.9 Å². The van der Waals surface area contributed by atoms with Crippen molar-refractivity contribution in [2.24, 2.45) is 0 Å². The number of amides is 1. The van der Waals surface area contributed by atoms with Crippen LogP contribution < -0.4 is 0 Å². The largest absolute Gasteiger partial charge is 0.373 e. The van der Waals surface area contributed by atoms with Crippen LogP contribution in [-0.2, 0) is 14.9 Å². The summed E-state index contributed by atoms with van der Waals surface area (Å²) in [6.07, 6.45) is -0.216. The average molecular weight is 388 g/mol. The Morgan fingerprint density at radius 2 is 1.68 bits per heavy atom. The molecule has 2 atom stereocenters. The van der Waals surface area contributed by atoms with Crippen molar-refractivity contribution in [2.45, 2.75) is 33.0 Å². The first kappa shape index (κ1) is 18.8. The number of carbonyl (C=O) groups excluding carboxylic acids is 1. The Morgan fingerprint density at radius 3 is 2.20 bits per heavy atom. The molecule has 1 amide bonds. The van der Waals surface area contributed by atoms with Gasteiger partial charge in [-0.15, -0.1) is 11.3 Å². The van der Waals surface area contributed by atoms with E-state index in [2.05, 4.69) is 0 Å². The average Bonchev–Trinajstić information content (AvgIpc) is 3.00. The van der Waals surface area contributed by atoms with E-state index >= 15 is 0 Å². The highest BCUT2D eigenvalue weighted by Crippen LogP contribution is 2.21. The maximum atomic E-state index is 12.9. The van der Waals surface area contributed by atoms with Crippen LogP contribution in [0.4, 0.5) is 0 Å². The van der Waals surface area contributed by atoms with E-state index in [0.29, 0.717) is 44.1 Å². The SMILES string of the molecule is Cc1ccc(C(=O)N2CCN(S(=O)(=O)N3C[C@@H](C)O[C@@H](C)C3)CC2)s1. The first-order chi connectivity index (χ1) is 11.8. The van der Waals surface area contributed by atoms with Crippen LogP contribution in [-0.4, -0.2) is 79.3 Å². The van der Waals surface area contributed by atoms with Crippen molar-refractivity contribution in [3.05, 3.63) is 21.9 Å². The van der Waals surface area contributed by atoms with E-state index in [1.165, 1.54) is 19.9 Å². The molecular formula is C16H25N3O4S2. The molecule has 3 heterocycles. The van der Waals surface area contributed by atoms with Crippen molar-refractivity contribution in [2.75, 3.05) is 39.3 Å². The lowest BCUT2D eigenvalue weighted by molar-refractivity contribution is -0.0457. The number of hydrogen-bond acceptors (Lipinski definition) is 5. The van der Waals surface area contributed by atoms with E-state index in [1.807, 2.05) is 32.9 Å². The molecule has 140 valence electrons. The molecule has 0 spiro atoms. The number of ether oxygens (including phenoxy) is 1. The summed E-state index contributed by atoms with van der Waals surface area (Å²) in [6.45, 7) is 8.00. The molecular weight excluding hydrogens is 362 g/mol. The highest BCUT2D eigenvalue weighted by Gasteiger charge is 2.37. The van der Waals surface area contributed by atoms with Gasteiger partial charge in [0.1, 0.15) is 0 Å². The van der Waals surface area contributed by atoms with Gasteiger partial charge >= 0.3 is 0 Å². The molecule has 1 aromatic rings. The third kappa shape index (κ3) is 4.06. The van der Waals surface area contributed by atoms with Gasteiger partial charge in [0.2, 0.25) is 0 Å². The Labute approximate surface area is 153 Å². The van der Waals surface area contributed by atoms with Crippen molar-refractivity contribution < 1.29 is 17.9 Å². The van der Waals surface area contributed by atoms with Gasteiger partial charge in [0.05, 0.1) is 17.1 Å². The standard InChI is InChI=1S/C16H25N3O4S2/c1-12-10-19(11-13(2)23-12)25(21,22)18-8-6-17(7-9-18)16(20)15-5-4-14(3)24-15/h4-5,12-13H,6-11H2,1-3H3/t12-,13+. The lowest BCUT2D eigenvalue weighted by atomic mass is 10.3. The Hall–Kier alpha value is -1.00. The van der Waals surface area contributed by atoms with Gasteiger partial charge < -0.3 is 9.64 Å². The van der Waals surface area contributed by atoms with E-state index in [4.69, 9.17) is 4.74 Å². The molecule has 0 aromatic carbocycles. The molecule has 25 heavy (non-hydrogen) atoms. The van der Waals surface area contributed by atoms with Gasteiger partial charge in [0.15, 0.2) is 0 Å². The summed E-state index contributed by atoms with van der Waals surface area (Å²) in [6, 6.07) is 3.77. The van der Waals surface area contributed by atoms with Gasteiger partial charge in [-0.1, -0.05) is 0 Å². The van der Waals surface area contributed by atoms with E-state index in [1.54, 1.807) is 4.90 Å². The molecule has 0 bridgehead atoms. The van der Waals surface area contributed by atoms with E-state index < -0.39 is 10.2 Å². The Balaban J connectivity index is 1.62. The van der Waals surface area contributed by atoms with Crippen molar-refractivity contribution in [1.29, 1.82) is 0 Å². The molecule has 1 aromatic heterocycles. The fraction of sp³-hybridized carbons (Fsp3) is 0.688. The Morgan fingerprint density at radius 1 is 1.08 bits per heavy atom. The van der Waals surface area contributed by atoms with Crippen LogP contribution in [0.5, 0.6) is 0 Å². The van der Waals surface area contributed by atoms with Gasteiger partial charge in [0.25, 0.3) is 16.1 Å². The van der Waals surface area contributed by atoms with Crippen LogP contribution in [0.2, 0.25) is 0 Å². The molecule has 2 aliphatic heterocycles. The molecule has 9 heteroatoms. The number of piperazine rings is 1. The van der Waals surface area contributed by atoms with E-state index in [9.17, 15) is 13.2 Å². The zero-order chi connectivity index (χ0) is 18.2. The maximum Gasteiger partial charge on any atom is 0.282 e. The van der Waals surface area contributed by atoms with Crippen LogP contribution >= 0.6 is 11.3 Å². The normalized spacial score (nSPS) is 26.8. The molecule has 0 saturated carbocycles. The summed E-state index contributed by atoms with van der Waals surface area (Å²) >= 11 is 1.47. The zero-order valence-electron chi connectivity index (χ0n) is 14.8. The minimum absolute atomic E-state index is 0.0104. The fourth-order valence-corrected chi connectivity index (χ4v) is 5.89. The molecule has 0 radical (unpaired) electrons. The predicted molar refractivity (Wildman–Crippen MR) is 97.0 cm³/mol. The highest BCUT2D eigenvalue weighted by atomic mass is 32.2. The number of rotatable bonds is 3. The number of aryl methyl sites for hydroxylation is 1. The van der Waals surface area contributed by atoms with Crippen molar-refractivity contribution in [3.63, 3.8) is 0 Å². The second kappa shape index (κ2) is 7.32. The van der Waals surface area contributed by atoms with E-state index in [0.717, 1.165) is 4.88 Å². The minimum atomic E-state index is -3.51. The van der Waals surface area contributed by atoms with Gasteiger partial charge in [0, 0.05) is 44.1 Å². The summed E-state index contributed by atoms with van der Waals surface area (Å²) in [5.41, 5.74) is 0. The third-order valence-electron chi connectivity index (χ3n) is 4.52. The van der Waals surface area contributed by atoms with Crippen LogP contribution in [0.3, 0.4) is 0 Å². The summed E-state index contributed by atoms with van der Waals surface area (Å²) in [5, 5.41) is 0. The van der Waals surface area contributed by atoms with Gasteiger partial charge in [-0.3, -0.25) is 4.79 Å². The summed E-state index contributed by atoms with van der Waals surface area (Å²) in [4.78, 5) is 16.0. The molecule has 2 aliphatic rings. The van der Waals surface area contributed by atoms with Crippen LogP contribution in [0.15, 0.2) is 12.1 Å². The van der Waals surface area contributed by atoms with Crippen molar-refractivity contribution in [1.82, 2.24) is 13.5 Å². The molecule has 7 nitrogen and oxygen atoms in total. The summed E-state index contributed by atoms with van der Waals surface area (Å²) < 4.78 is 34.4. The topological polar surface area (TPSA) is 70.2 Å². The first-order valence-electron chi connectivity index (χ1n) is 8.54. The van der Waals surface area contributed by atoms with Crippen LogP contribution in [0, 0.1) is 6.92 Å². The first-order valence-corrected chi connectivity index (χ1v) is 10.7. The number of thiophene rings is 1. The zero-order valence-corrected chi connectivity index (χ0v) is 16.5. The Kier molecular flexibility index (Phi) is 5.50. The molecule has 2 fully saturated rings. The number of hydrogen-bond donors (Lipinski definition) is 0. The van der Waals surface area contributed by atoms with Crippen molar-refractivity contribution in [3.8, 4) is 0 Å². The van der Waals surface area contributed by atoms with E-state index in [-0.39, 0.29) is 18.1 Å². The molecule has 0 unspecified atom stereocenters. The van der Waals surface area contributed by atoms with Crippen LogP contribution in [0.1, 0.15) is 28.4 Å². The second-order valence-electron chi connectivity index (χ2n) is 6.68. The monoisotopic (exact) mass is 387 g/mol. The Bertz CT molecular complexity index is 715. The summed E-state index contributed by atoms with van der Waals surface area (Å²) in [7, 11) is -3.51. The second-order valence-corrected chi connectivity index (χ2v) is 9.90. The highest BCUT2D eigenvalue weighted by molar-refractivity contribution is 7.86. The third-order valence-corrected chi connectivity index (χ3v) is 7.47. The molecule has 2 saturated heterocycles. The smallest absolute Gasteiger partial charge is 0.282 e. The lowest BCUT2D eigenvalue weighted by Crippen LogP contribution is -2.57.